The molecule has 0 saturated carbocycles. The van der Waals surface area contributed by atoms with E-state index in [-0.39, 0.29) is 18.5 Å². The van der Waals surface area contributed by atoms with Crippen molar-refractivity contribution in [3.8, 4) is 0 Å². The summed E-state index contributed by atoms with van der Waals surface area (Å²) in [6, 6.07) is 0. The molecule has 0 fully saturated rings. The summed E-state index contributed by atoms with van der Waals surface area (Å²) in [7, 11) is 0. The first-order chi connectivity index (χ1) is 17.6. The van der Waals surface area contributed by atoms with Gasteiger partial charge in [0.2, 0.25) is 0 Å². The van der Waals surface area contributed by atoms with Crippen molar-refractivity contribution < 1.29 is 19.7 Å². The molecule has 0 radical (unpaired) electrons. The second kappa shape index (κ2) is 27.4. The van der Waals surface area contributed by atoms with Crippen molar-refractivity contribution in [2.45, 2.75) is 155 Å². The van der Waals surface area contributed by atoms with Crippen LogP contribution in [0.25, 0.3) is 0 Å². The summed E-state index contributed by atoms with van der Waals surface area (Å²) in [6.07, 6.45) is 22.8. The molecule has 2 atom stereocenters. The fourth-order valence-corrected chi connectivity index (χ4v) is 4.86. The molecule has 2 N–H and O–H groups in total. The highest BCUT2D eigenvalue weighted by Crippen LogP contribution is 2.20. The molecule has 0 aliphatic carbocycles. The van der Waals surface area contributed by atoms with Gasteiger partial charge in [-0.2, -0.15) is 0 Å². The normalized spacial score (nSPS) is 13.3. The molecule has 0 aromatic carbocycles. The number of carbonyl (C=O) groups excluding carboxylic acids is 1. The van der Waals surface area contributed by atoms with Crippen LogP contribution in [0.3, 0.4) is 0 Å². The summed E-state index contributed by atoms with van der Waals surface area (Å²) in [6.45, 7) is 9.57. The molecular weight excluding hydrogens is 450 g/mol. The monoisotopic (exact) mass is 513 g/mol. The molecule has 36 heavy (non-hydrogen) atoms. The van der Waals surface area contributed by atoms with E-state index in [1.165, 1.54) is 70.6 Å². The highest BCUT2D eigenvalue weighted by molar-refractivity contribution is 5.72. The van der Waals surface area contributed by atoms with Gasteiger partial charge in [-0.15, -0.1) is 0 Å². The smallest absolute Gasteiger partial charge is 0.308 e. The second-order valence-corrected chi connectivity index (χ2v) is 10.9. The largest absolute Gasteiger partial charge is 0.465 e. The lowest BCUT2D eigenvalue weighted by atomic mass is 9.94. The zero-order valence-corrected chi connectivity index (χ0v) is 24.5. The molecule has 0 saturated heterocycles. The molecule has 0 bridgehead atoms. The summed E-state index contributed by atoms with van der Waals surface area (Å²) in [5.74, 6) is 0.128. The van der Waals surface area contributed by atoms with Crippen molar-refractivity contribution in [3.05, 3.63) is 0 Å². The maximum atomic E-state index is 12.8. The van der Waals surface area contributed by atoms with Crippen LogP contribution in [0.4, 0.5) is 0 Å². The minimum Gasteiger partial charge on any atom is -0.465 e. The Hall–Kier alpha value is -0.650. The third-order valence-corrected chi connectivity index (χ3v) is 7.27. The first kappa shape index (κ1) is 35.4. The van der Waals surface area contributed by atoms with E-state index in [9.17, 15) is 15.0 Å². The number of nitrogens with zero attached hydrogens (tertiary/aromatic N) is 1. The number of hydrogen-bond donors (Lipinski definition) is 2. The predicted molar refractivity (Wildman–Crippen MR) is 153 cm³/mol. The Morgan fingerprint density at radius 3 is 1.67 bits per heavy atom. The van der Waals surface area contributed by atoms with Gasteiger partial charge in [-0.25, -0.2) is 0 Å². The molecule has 0 aromatic rings. The third kappa shape index (κ3) is 22.5. The molecule has 216 valence electrons. The number of aliphatic hydroxyl groups excluding tert-OH is 2. The Morgan fingerprint density at radius 2 is 1.11 bits per heavy atom. The van der Waals surface area contributed by atoms with Crippen LogP contribution in [0.15, 0.2) is 0 Å². The van der Waals surface area contributed by atoms with Crippen molar-refractivity contribution in [2.75, 3.05) is 32.8 Å². The van der Waals surface area contributed by atoms with Crippen molar-refractivity contribution in [1.82, 2.24) is 4.90 Å². The van der Waals surface area contributed by atoms with Crippen molar-refractivity contribution in [1.29, 1.82) is 0 Å². The summed E-state index contributed by atoms with van der Waals surface area (Å²) in [5, 5.41) is 19.0. The molecule has 5 nitrogen and oxygen atoms in total. The van der Waals surface area contributed by atoms with Gasteiger partial charge in [0.15, 0.2) is 0 Å². The summed E-state index contributed by atoms with van der Waals surface area (Å²) < 4.78 is 5.72. The number of esters is 1. The van der Waals surface area contributed by atoms with Gasteiger partial charge in [-0.3, -0.25) is 4.79 Å². The van der Waals surface area contributed by atoms with Gasteiger partial charge in [0.25, 0.3) is 0 Å². The lowest BCUT2D eigenvalue weighted by molar-refractivity contribution is -0.149. The summed E-state index contributed by atoms with van der Waals surface area (Å²) in [4.78, 5) is 15.1. The highest BCUT2D eigenvalue weighted by atomic mass is 16.5. The van der Waals surface area contributed by atoms with Crippen LogP contribution >= 0.6 is 0 Å². The van der Waals surface area contributed by atoms with Crippen molar-refractivity contribution in [3.63, 3.8) is 0 Å². The van der Waals surface area contributed by atoms with Crippen LogP contribution in [0.5, 0.6) is 0 Å². The molecule has 5 heteroatoms. The van der Waals surface area contributed by atoms with E-state index in [0.717, 1.165) is 70.9 Å². The molecular formula is C31H63NO4. The van der Waals surface area contributed by atoms with Crippen LogP contribution in [0, 0.1) is 5.92 Å². The topological polar surface area (TPSA) is 70.0 Å². The van der Waals surface area contributed by atoms with E-state index in [1.807, 2.05) is 0 Å². The van der Waals surface area contributed by atoms with Crippen molar-refractivity contribution >= 4 is 5.97 Å². The number of unbranched alkanes of at least 4 members (excludes halogenated alkanes) is 14. The summed E-state index contributed by atoms with van der Waals surface area (Å²) >= 11 is 0. The first-order valence-corrected chi connectivity index (χ1v) is 15.8. The molecule has 0 aliphatic rings. The van der Waals surface area contributed by atoms with E-state index < -0.39 is 6.10 Å². The Labute approximate surface area is 224 Å². The van der Waals surface area contributed by atoms with Crippen molar-refractivity contribution in [2.24, 2.45) is 5.92 Å². The van der Waals surface area contributed by atoms with Gasteiger partial charge in [-0.05, 0) is 45.2 Å². The molecule has 2 unspecified atom stereocenters. The fraction of sp³-hybridized carbons (Fsp3) is 0.968. The maximum absolute atomic E-state index is 12.8. The number of ether oxygens (including phenoxy) is 1. The van der Waals surface area contributed by atoms with Crippen LogP contribution in [-0.2, 0) is 9.53 Å². The standard InChI is InChI=1S/C31H63NO4/c1-4-7-10-13-14-18-23-29(22-17-11-8-5-2)31(35)36-26-21-16-15-20-25-32(27-30(34)28-33)24-19-12-9-6-3/h29-30,33-34H,4-28H2,1-3H3. The zero-order valence-electron chi connectivity index (χ0n) is 24.5. The van der Waals surface area contributed by atoms with Gasteiger partial charge in [0.1, 0.15) is 0 Å². The summed E-state index contributed by atoms with van der Waals surface area (Å²) in [5.41, 5.74) is 0. The molecule has 0 spiro atoms. The molecule has 0 amide bonds. The van der Waals surface area contributed by atoms with Crippen LogP contribution in [0.1, 0.15) is 149 Å². The molecule has 0 aromatic heterocycles. The van der Waals surface area contributed by atoms with E-state index in [1.54, 1.807) is 0 Å². The zero-order chi connectivity index (χ0) is 26.7. The highest BCUT2D eigenvalue weighted by Gasteiger charge is 2.19. The van der Waals surface area contributed by atoms with Gasteiger partial charge in [-0.1, -0.05) is 117 Å². The molecule has 0 rings (SSSR count). The first-order valence-electron chi connectivity index (χ1n) is 15.8. The number of hydrogen-bond acceptors (Lipinski definition) is 5. The van der Waals surface area contributed by atoms with E-state index in [0.29, 0.717) is 13.2 Å². The minimum absolute atomic E-state index is 0.0382. The fourth-order valence-electron chi connectivity index (χ4n) is 4.86. The number of carbonyl (C=O) groups is 1. The van der Waals surface area contributed by atoms with Gasteiger partial charge in [0.05, 0.1) is 25.2 Å². The van der Waals surface area contributed by atoms with Gasteiger partial charge < -0.3 is 19.8 Å². The predicted octanol–water partition coefficient (Wildman–Crippen LogP) is 7.66. The minimum atomic E-state index is -0.651. The van der Waals surface area contributed by atoms with Gasteiger partial charge >= 0.3 is 5.97 Å². The number of rotatable bonds is 28. The third-order valence-electron chi connectivity index (χ3n) is 7.27. The Morgan fingerprint density at radius 1 is 0.667 bits per heavy atom. The lowest BCUT2D eigenvalue weighted by Crippen LogP contribution is -2.35. The van der Waals surface area contributed by atoms with Crippen LogP contribution < -0.4 is 0 Å². The number of aliphatic hydroxyl groups is 2. The van der Waals surface area contributed by atoms with E-state index >= 15 is 0 Å². The molecule has 0 heterocycles. The Kier molecular flexibility index (Phi) is 26.9. The second-order valence-electron chi connectivity index (χ2n) is 10.9. The molecule has 0 aliphatic heterocycles. The SMILES string of the molecule is CCCCCCCCC(CCCCCC)C(=O)OCCCCCCN(CCCCCC)CC(O)CO. The average Bonchev–Trinajstić information content (AvgIpc) is 2.88. The van der Waals surface area contributed by atoms with Crippen LogP contribution in [-0.4, -0.2) is 60.0 Å². The van der Waals surface area contributed by atoms with E-state index in [4.69, 9.17) is 4.74 Å². The quantitative estimate of drug-likeness (QED) is 0.0830. The van der Waals surface area contributed by atoms with E-state index in [2.05, 4.69) is 25.7 Å². The maximum Gasteiger partial charge on any atom is 0.308 e. The van der Waals surface area contributed by atoms with Crippen LogP contribution in [0.2, 0.25) is 0 Å². The average molecular weight is 514 g/mol. The Balaban J connectivity index is 4.16. The lowest BCUT2D eigenvalue weighted by Gasteiger charge is -2.24. The Bertz CT molecular complexity index is 460. The van der Waals surface area contributed by atoms with Gasteiger partial charge in [0, 0.05) is 6.54 Å².